The molecule has 0 aromatic carbocycles. The summed E-state index contributed by atoms with van der Waals surface area (Å²) in [6.07, 6.45) is 6.53. The van der Waals surface area contributed by atoms with E-state index >= 15 is 0 Å². The molecule has 0 radical (unpaired) electrons. The van der Waals surface area contributed by atoms with Crippen molar-refractivity contribution < 1.29 is 4.42 Å². The molecular formula is C18H24N2O2. The molecule has 2 aromatic rings. The maximum absolute atomic E-state index is 12.1. The van der Waals surface area contributed by atoms with E-state index < -0.39 is 0 Å². The van der Waals surface area contributed by atoms with Gasteiger partial charge in [0.2, 0.25) is 0 Å². The van der Waals surface area contributed by atoms with Crippen molar-refractivity contribution >= 4 is 0 Å². The van der Waals surface area contributed by atoms with Gasteiger partial charge in [0.05, 0.1) is 12.5 Å². The number of hydrogen-bond acceptors (Lipinski definition) is 3. The van der Waals surface area contributed by atoms with Gasteiger partial charge in [0.1, 0.15) is 0 Å². The van der Waals surface area contributed by atoms with Gasteiger partial charge in [-0.1, -0.05) is 19.9 Å². The summed E-state index contributed by atoms with van der Waals surface area (Å²) in [5, 5.41) is 3.59. The Labute approximate surface area is 131 Å². The molecular weight excluding hydrogens is 276 g/mol. The van der Waals surface area contributed by atoms with Crippen molar-refractivity contribution in [1.29, 1.82) is 0 Å². The Morgan fingerprint density at radius 3 is 2.95 bits per heavy atom. The van der Waals surface area contributed by atoms with Gasteiger partial charge >= 0.3 is 0 Å². The zero-order valence-electron chi connectivity index (χ0n) is 13.3. The molecule has 0 saturated carbocycles. The Morgan fingerprint density at radius 1 is 1.36 bits per heavy atom. The highest BCUT2D eigenvalue weighted by Gasteiger charge is 2.21. The molecule has 0 saturated heterocycles. The van der Waals surface area contributed by atoms with E-state index in [9.17, 15) is 4.79 Å². The van der Waals surface area contributed by atoms with Crippen molar-refractivity contribution in [3.63, 3.8) is 0 Å². The van der Waals surface area contributed by atoms with E-state index in [1.54, 1.807) is 18.6 Å². The van der Waals surface area contributed by atoms with E-state index in [1.165, 1.54) is 16.8 Å². The molecule has 1 N–H and O–H groups in total. The summed E-state index contributed by atoms with van der Waals surface area (Å²) in [7, 11) is 0. The minimum atomic E-state index is 0.136. The summed E-state index contributed by atoms with van der Waals surface area (Å²) in [5.74, 6) is 0.487. The van der Waals surface area contributed by atoms with Gasteiger partial charge < -0.3 is 14.3 Å². The molecule has 1 atom stereocenters. The summed E-state index contributed by atoms with van der Waals surface area (Å²) in [6, 6.07) is 6.19. The van der Waals surface area contributed by atoms with Crippen LogP contribution in [0.15, 0.2) is 39.9 Å². The molecule has 2 aromatic heterocycles. The first-order valence-electron chi connectivity index (χ1n) is 8.09. The zero-order chi connectivity index (χ0) is 15.5. The second-order valence-electron chi connectivity index (χ2n) is 6.60. The number of furan rings is 1. The lowest BCUT2D eigenvalue weighted by Crippen LogP contribution is -2.37. The van der Waals surface area contributed by atoms with Gasteiger partial charge in [0.15, 0.2) is 0 Å². The van der Waals surface area contributed by atoms with Crippen molar-refractivity contribution in [3.8, 4) is 0 Å². The van der Waals surface area contributed by atoms with Gasteiger partial charge in [-0.3, -0.25) is 4.79 Å². The molecule has 0 unspecified atom stereocenters. The highest BCUT2D eigenvalue weighted by Crippen LogP contribution is 2.21. The minimum Gasteiger partial charge on any atom is -0.472 e. The number of pyridine rings is 1. The van der Waals surface area contributed by atoms with E-state index in [1.807, 2.05) is 16.7 Å². The maximum Gasteiger partial charge on any atom is 0.250 e. The number of aromatic nitrogens is 1. The van der Waals surface area contributed by atoms with E-state index in [0.717, 1.165) is 32.4 Å². The average Bonchev–Trinajstić information content (AvgIpc) is 3.01. The van der Waals surface area contributed by atoms with Crippen LogP contribution in [0, 0.1) is 5.92 Å². The Hall–Kier alpha value is -1.81. The predicted octanol–water partition coefficient (Wildman–Crippen LogP) is 2.74. The van der Waals surface area contributed by atoms with Crippen molar-refractivity contribution in [3.05, 3.63) is 57.9 Å². The SMILES string of the molecule is CC(C)Cn1c2c(ccc1=O)C[C@H](NCc1ccoc1)CC2. The summed E-state index contributed by atoms with van der Waals surface area (Å²) in [6.45, 7) is 5.96. The van der Waals surface area contributed by atoms with Crippen LogP contribution in [0.3, 0.4) is 0 Å². The van der Waals surface area contributed by atoms with Crippen LogP contribution in [-0.2, 0) is 25.9 Å². The molecule has 0 bridgehead atoms. The average molecular weight is 300 g/mol. The van der Waals surface area contributed by atoms with Crippen LogP contribution >= 0.6 is 0 Å². The minimum absolute atomic E-state index is 0.136. The van der Waals surface area contributed by atoms with Gasteiger partial charge in [0.25, 0.3) is 5.56 Å². The molecule has 4 nitrogen and oxygen atoms in total. The predicted molar refractivity (Wildman–Crippen MR) is 86.9 cm³/mol. The smallest absolute Gasteiger partial charge is 0.250 e. The zero-order valence-corrected chi connectivity index (χ0v) is 13.3. The highest BCUT2D eigenvalue weighted by molar-refractivity contribution is 5.25. The molecule has 4 heteroatoms. The fourth-order valence-electron chi connectivity index (χ4n) is 3.22. The molecule has 0 spiro atoms. The number of rotatable bonds is 5. The number of hydrogen-bond donors (Lipinski definition) is 1. The standard InChI is InChI=1S/C18H24N2O2/c1-13(2)11-20-17-5-4-16(9-15(17)3-6-18(20)21)19-10-14-7-8-22-12-14/h3,6-8,12-13,16,19H,4-5,9-11H2,1-2H3/t16-/m1/s1. The fourth-order valence-corrected chi connectivity index (χ4v) is 3.22. The molecule has 0 amide bonds. The van der Waals surface area contributed by atoms with E-state index in [4.69, 9.17) is 4.42 Å². The van der Waals surface area contributed by atoms with Crippen LogP contribution in [0.1, 0.15) is 37.1 Å². The third-order valence-electron chi connectivity index (χ3n) is 4.31. The number of fused-ring (bicyclic) bond motifs is 1. The van der Waals surface area contributed by atoms with Gasteiger partial charge in [-0.2, -0.15) is 0 Å². The summed E-state index contributed by atoms with van der Waals surface area (Å²) < 4.78 is 7.08. The monoisotopic (exact) mass is 300 g/mol. The second-order valence-corrected chi connectivity index (χ2v) is 6.60. The number of nitrogens with zero attached hydrogens (tertiary/aromatic N) is 1. The Balaban J connectivity index is 1.72. The first-order valence-corrected chi connectivity index (χ1v) is 8.09. The Kier molecular flexibility index (Phi) is 4.48. The van der Waals surface area contributed by atoms with Crippen LogP contribution in [0.25, 0.3) is 0 Å². The number of nitrogens with one attached hydrogen (secondary N) is 1. The summed E-state index contributed by atoms with van der Waals surface area (Å²) in [4.78, 5) is 12.1. The molecule has 1 aliphatic rings. The van der Waals surface area contributed by atoms with Gasteiger partial charge in [0, 0.05) is 36.5 Å². The molecule has 3 rings (SSSR count). The Morgan fingerprint density at radius 2 is 2.23 bits per heavy atom. The molecule has 0 fully saturated rings. The second kappa shape index (κ2) is 6.53. The molecule has 1 aliphatic carbocycles. The van der Waals surface area contributed by atoms with E-state index in [0.29, 0.717) is 12.0 Å². The van der Waals surface area contributed by atoms with Crippen LogP contribution in [0.5, 0.6) is 0 Å². The normalized spacial score (nSPS) is 17.7. The van der Waals surface area contributed by atoms with Gasteiger partial charge in [-0.15, -0.1) is 0 Å². The fraction of sp³-hybridized carbons (Fsp3) is 0.500. The van der Waals surface area contributed by atoms with Crippen LogP contribution in [0.2, 0.25) is 0 Å². The van der Waals surface area contributed by atoms with Crippen molar-refractivity contribution in [2.24, 2.45) is 5.92 Å². The van der Waals surface area contributed by atoms with Gasteiger partial charge in [-0.25, -0.2) is 0 Å². The summed E-state index contributed by atoms with van der Waals surface area (Å²) in [5.41, 5.74) is 3.87. The van der Waals surface area contributed by atoms with Crippen molar-refractivity contribution in [1.82, 2.24) is 9.88 Å². The lowest BCUT2D eigenvalue weighted by atomic mass is 9.91. The van der Waals surface area contributed by atoms with Crippen molar-refractivity contribution in [2.75, 3.05) is 0 Å². The molecule has 2 heterocycles. The third-order valence-corrected chi connectivity index (χ3v) is 4.31. The lowest BCUT2D eigenvalue weighted by Gasteiger charge is -2.28. The van der Waals surface area contributed by atoms with Gasteiger partial charge in [-0.05, 0) is 36.8 Å². The van der Waals surface area contributed by atoms with E-state index in [-0.39, 0.29) is 5.56 Å². The maximum atomic E-state index is 12.1. The lowest BCUT2D eigenvalue weighted by molar-refractivity contribution is 0.424. The molecule has 0 aliphatic heterocycles. The van der Waals surface area contributed by atoms with Crippen LogP contribution < -0.4 is 10.9 Å². The Bertz CT molecular complexity index is 671. The first kappa shape index (κ1) is 15.1. The van der Waals surface area contributed by atoms with Crippen LogP contribution in [-0.4, -0.2) is 10.6 Å². The summed E-state index contributed by atoms with van der Waals surface area (Å²) >= 11 is 0. The third kappa shape index (κ3) is 3.33. The largest absolute Gasteiger partial charge is 0.472 e. The van der Waals surface area contributed by atoms with Crippen LogP contribution in [0.4, 0.5) is 0 Å². The molecule has 118 valence electrons. The first-order chi connectivity index (χ1) is 10.6. The van der Waals surface area contributed by atoms with Crippen molar-refractivity contribution in [2.45, 2.75) is 52.2 Å². The molecule has 22 heavy (non-hydrogen) atoms. The topological polar surface area (TPSA) is 47.2 Å². The quantitative estimate of drug-likeness (QED) is 0.923. The highest BCUT2D eigenvalue weighted by atomic mass is 16.3. The van der Waals surface area contributed by atoms with E-state index in [2.05, 4.69) is 19.2 Å².